The standard InChI is InChI=1S/C37H39ClF2N6O4S/c1-19-16-26-33(29(21-6-8-23(38)9-7-21)28(19)32(35(48)49)50-37(3,4)5)51-34(42-26)25-10-11-27-31(41-25)30(43-46(27)36(39)40)22-12-14-44(15-13-22)24-17-45(18-24)20(2)47/h6-11,16,22,24,32,36H,12-15,17-18H2,1-5H3,(H,48,49)/t32-/m0/s1. The van der Waals surface area contributed by atoms with Crippen molar-refractivity contribution in [1.82, 2.24) is 29.5 Å². The van der Waals surface area contributed by atoms with Crippen molar-refractivity contribution in [3.05, 3.63) is 64.3 Å². The van der Waals surface area contributed by atoms with Gasteiger partial charge in [0.25, 0.3) is 0 Å². The molecule has 10 nitrogen and oxygen atoms in total. The van der Waals surface area contributed by atoms with Crippen LogP contribution < -0.4 is 0 Å². The summed E-state index contributed by atoms with van der Waals surface area (Å²) in [7, 11) is 0. The summed E-state index contributed by atoms with van der Waals surface area (Å²) in [4.78, 5) is 38.5. The number of fused-ring (bicyclic) bond motifs is 2. The molecule has 1 amide bonds. The number of aromatic nitrogens is 4. The zero-order chi connectivity index (χ0) is 36.4. The van der Waals surface area contributed by atoms with E-state index in [1.54, 1.807) is 31.2 Å². The van der Waals surface area contributed by atoms with E-state index in [1.807, 2.05) is 50.8 Å². The van der Waals surface area contributed by atoms with Crippen molar-refractivity contribution in [1.29, 1.82) is 0 Å². The van der Waals surface area contributed by atoms with Gasteiger partial charge in [-0.15, -0.1) is 11.3 Å². The minimum Gasteiger partial charge on any atom is -0.479 e. The van der Waals surface area contributed by atoms with Crippen LogP contribution >= 0.6 is 22.9 Å². The molecule has 2 aliphatic heterocycles. The molecule has 0 bridgehead atoms. The number of rotatable bonds is 8. The molecule has 0 aliphatic carbocycles. The topological polar surface area (TPSA) is 114 Å². The van der Waals surface area contributed by atoms with Gasteiger partial charge in [-0.05, 0) is 95.1 Å². The fourth-order valence-electron chi connectivity index (χ4n) is 7.21. The van der Waals surface area contributed by atoms with Crippen LogP contribution in [0.15, 0.2) is 42.5 Å². The first-order valence-corrected chi connectivity index (χ1v) is 18.2. The number of pyridine rings is 1. The van der Waals surface area contributed by atoms with Crippen LogP contribution in [-0.2, 0) is 14.3 Å². The van der Waals surface area contributed by atoms with Crippen molar-refractivity contribution in [2.75, 3.05) is 26.2 Å². The maximum atomic E-state index is 14.3. The van der Waals surface area contributed by atoms with Gasteiger partial charge in [-0.3, -0.25) is 9.69 Å². The molecule has 5 heterocycles. The summed E-state index contributed by atoms with van der Waals surface area (Å²) in [6.07, 6.45) is 0.228. The molecule has 5 aromatic rings. The van der Waals surface area contributed by atoms with Crippen LogP contribution in [0.5, 0.6) is 0 Å². The number of amides is 1. The number of alkyl halides is 2. The second-order valence-corrected chi connectivity index (χ2v) is 15.8. The van der Waals surface area contributed by atoms with Crippen LogP contribution in [0.3, 0.4) is 0 Å². The second-order valence-electron chi connectivity index (χ2n) is 14.4. The van der Waals surface area contributed by atoms with E-state index in [0.29, 0.717) is 55.2 Å². The van der Waals surface area contributed by atoms with Crippen LogP contribution in [0.25, 0.3) is 43.1 Å². The number of benzene rings is 2. The van der Waals surface area contributed by atoms with Crippen molar-refractivity contribution in [2.24, 2.45) is 0 Å². The molecule has 2 aromatic carbocycles. The summed E-state index contributed by atoms with van der Waals surface area (Å²) < 4.78 is 36.1. The number of likely N-dealkylation sites (tertiary alicyclic amines) is 2. The fourth-order valence-corrected chi connectivity index (χ4v) is 8.44. The molecular weight excluding hydrogens is 698 g/mol. The van der Waals surface area contributed by atoms with Gasteiger partial charge >= 0.3 is 12.5 Å². The first-order chi connectivity index (χ1) is 24.2. The van der Waals surface area contributed by atoms with Gasteiger partial charge in [-0.1, -0.05) is 23.7 Å². The number of carboxylic acids is 1. The van der Waals surface area contributed by atoms with E-state index in [2.05, 4.69) is 10.00 Å². The molecule has 3 aromatic heterocycles. The quantitative estimate of drug-likeness (QED) is 0.170. The van der Waals surface area contributed by atoms with E-state index in [4.69, 9.17) is 26.3 Å². The lowest BCUT2D eigenvalue weighted by Gasteiger charge is -2.47. The van der Waals surface area contributed by atoms with E-state index in [1.165, 1.54) is 11.3 Å². The Labute approximate surface area is 303 Å². The van der Waals surface area contributed by atoms with Gasteiger partial charge in [0, 0.05) is 48.1 Å². The molecule has 7 rings (SSSR count). The predicted molar refractivity (Wildman–Crippen MR) is 193 cm³/mol. The highest BCUT2D eigenvalue weighted by Gasteiger charge is 2.37. The first kappa shape index (κ1) is 35.4. The lowest BCUT2D eigenvalue weighted by atomic mass is 9.91. The molecule has 51 heavy (non-hydrogen) atoms. The minimum atomic E-state index is -2.83. The monoisotopic (exact) mass is 736 g/mol. The number of aryl methyl sites for hydroxylation is 1. The number of nitrogens with zero attached hydrogens (tertiary/aromatic N) is 6. The summed E-state index contributed by atoms with van der Waals surface area (Å²) in [6, 6.07) is 12.7. The van der Waals surface area contributed by atoms with Crippen LogP contribution in [0.4, 0.5) is 8.78 Å². The van der Waals surface area contributed by atoms with Crippen molar-refractivity contribution in [2.45, 2.75) is 77.7 Å². The molecule has 0 radical (unpaired) electrons. The number of ether oxygens (including phenoxy) is 1. The van der Waals surface area contributed by atoms with Crippen molar-refractivity contribution in [3.8, 4) is 21.8 Å². The lowest BCUT2D eigenvalue weighted by molar-refractivity contribution is -0.160. The second kappa shape index (κ2) is 13.5. The average Bonchev–Trinajstić information content (AvgIpc) is 3.64. The van der Waals surface area contributed by atoms with E-state index >= 15 is 0 Å². The third kappa shape index (κ3) is 6.84. The van der Waals surface area contributed by atoms with Crippen molar-refractivity contribution < 1.29 is 28.2 Å². The molecule has 268 valence electrons. The zero-order valence-electron chi connectivity index (χ0n) is 29.0. The Kier molecular flexibility index (Phi) is 9.36. The van der Waals surface area contributed by atoms with Crippen LogP contribution in [0.2, 0.25) is 5.02 Å². The summed E-state index contributed by atoms with van der Waals surface area (Å²) in [5.74, 6) is -1.08. The summed E-state index contributed by atoms with van der Waals surface area (Å²) in [5.41, 5.74) is 4.31. The third-order valence-corrected chi connectivity index (χ3v) is 11.1. The summed E-state index contributed by atoms with van der Waals surface area (Å²) in [5, 5.41) is 15.9. The average molecular weight is 737 g/mol. The lowest BCUT2D eigenvalue weighted by Crippen LogP contribution is -2.61. The molecule has 14 heteroatoms. The normalized spacial score (nSPS) is 17.1. The molecule has 1 N–H and O–H groups in total. The van der Waals surface area contributed by atoms with Crippen LogP contribution in [0.1, 0.15) is 75.9 Å². The van der Waals surface area contributed by atoms with Gasteiger partial charge in [0.1, 0.15) is 10.5 Å². The summed E-state index contributed by atoms with van der Waals surface area (Å²) >= 11 is 7.61. The molecule has 2 saturated heterocycles. The number of carbonyl (C=O) groups is 2. The van der Waals surface area contributed by atoms with Crippen LogP contribution in [0, 0.1) is 6.92 Å². The number of piperidine rings is 1. The van der Waals surface area contributed by atoms with Crippen molar-refractivity contribution in [3.63, 3.8) is 0 Å². The third-order valence-electron chi connectivity index (χ3n) is 9.74. The van der Waals surface area contributed by atoms with Crippen molar-refractivity contribution >= 4 is 56.1 Å². The van der Waals surface area contributed by atoms with Gasteiger partial charge in [-0.2, -0.15) is 13.9 Å². The number of aliphatic carboxylic acids is 1. The fraction of sp³-hybridized carbons (Fsp3) is 0.432. The molecule has 0 spiro atoms. The highest BCUT2D eigenvalue weighted by Crippen LogP contribution is 2.45. The van der Waals surface area contributed by atoms with Crippen LogP contribution in [-0.4, -0.2) is 84.4 Å². The summed E-state index contributed by atoms with van der Waals surface area (Å²) in [6.45, 7) is 9.06. The number of carboxylic acid groups (broad SMARTS) is 1. The highest BCUT2D eigenvalue weighted by molar-refractivity contribution is 7.22. The predicted octanol–water partition coefficient (Wildman–Crippen LogP) is 8.08. The molecule has 2 fully saturated rings. The maximum absolute atomic E-state index is 14.3. The first-order valence-electron chi connectivity index (χ1n) is 17.0. The maximum Gasteiger partial charge on any atom is 0.337 e. The van der Waals surface area contributed by atoms with Gasteiger partial charge in [0.05, 0.1) is 32.7 Å². The Bertz CT molecular complexity index is 2130. The number of hydrogen-bond acceptors (Lipinski definition) is 8. The minimum absolute atomic E-state index is 0.0525. The van der Waals surface area contributed by atoms with E-state index in [9.17, 15) is 23.5 Å². The Morgan fingerprint density at radius 2 is 1.75 bits per heavy atom. The number of halogens is 3. The molecule has 0 unspecified atom stereocenters. The Morgan fingerprint density at radius 3 is 2.35 bits per heavy atom. The van der Waals surface area contributed by atoms with Gasteiger partial charge in [0.15, 0.2) is 6.10 Å². The zero-order valence-corrected chi connectivity index (χ0v) is 30.6. The van der Waals surface area contributed by atoms with E-state index in [-0.39, 0.29) is 17.3 Å². The largest absolute Gasteiger partial charge is 0.479 e. The molecule has 1 atom stereocenters. The number of thiazole rings is 1. The Morgan fingerprint density at radius 1 is 1.06 bits per heavy atom. The van der Waals surface area contributed by atoms with Gasteiger partial charge < -0.3 is 14.7 Å². The molecule has 2 aliphatic rings. The molecular formula is C37H39ClF2N6O4S. The Balaban J connectivity index is 1.29. The SMILES string of the molecule is CC(=O)N1CC(N2CCC(c3nn(C(F)F)c4ccc(-c5nc6cc(C)c([C@H](OC(C)(C)C)C(=O)O)c(-c7ccc(Cl)cc7)c6s5)nc34)CC2)C1. The van der Waals surface area contributed by atoms with Gasteiger partial charge in [0.2, 0.25) is 5.91 Å². The highest BCUT2D eigenvalue weighted by atomic mass is 35.5. The smallest absolute Gasteiger partial charge is 0.337 e. The van der Waals surface area contributed by atoms with E-state index in [0.717, 1.165) is 54.0 Å². The number of hydrogen-bond donors (Lipinski definition) is 1. The van der Waals surface area contributed by atoms with Gasteiger partial charge in [-0.25, -0.2) is 19.4 Å². The molecule has 0 saturated carbocycles. The Hall–Kier alpha value is -4.04. The van der Waals surface area contributed by atoms with E-state index < -0.39 is 24.2 Å². The number of carbonyl (C=O) groups excluding carboxylic acids is 1.